The van der Waals surface area contributed by atoms with E-state index in [2.05, 4.69) is 36.2 Å². The molecule has 0 aliphatic carbocycles. The molecule has 2 rings (SSSR count). The Labute approximate surface area is 101 Å². The van der Waals surface area contributed by atoms with Crippen molar-refractivity contribution >= 4 is 0 Å². The summed E-state index contributed by atoms with van der Waals surface area (Å²) in [7, 11) is 0. The summed E-state index contributed by atoms with van der Waals surface area (Å²) in [6, 6.07) is 9.85. The number of ether oxygens (including phenoxy) is 1. The molecular weight excluding hydrogens is 212 g/mol. The van der Waals surface area contributed by atoms with Crippen molar-refractivity contribution in [1.82, 2.24) is 10.2 Å². The summed E-state index contributed by atoms with van der Waals surface area (Å²) in [5, 5.41) is 7.73. The summed E-state index contributed by atoms with van der Waals surface area (Å²) in [4.78, 5) is 0. The van der Waals surface area contributed by atoms with Crippen LogP contribution in [0.1, 0.15) is 30.9 Å². The third-order valence-electron chi connectivity index (χ3n) is 2.55. The predicted molar refractivity (Wildman–Crippen MR) is 67.4 cm³/mol. The van der Waals surface area contributed by atoms with Crippen molar-refractivity contribution in [2.24, 2.45) is 0 Å². The van der Waals surface area contributed by atoms with E-state index in [1.807, 2.05) is 19.1 Å². The van der Waals surface area contributed by atoms with Gasteiger partial charge in [-0.25, -0.2) is 0 Å². The second-order valence-electron chi connectivity index (χ2n) is 4.36. The lowest BCUT2D eigenvalue weighted by Crippen LogP contribution is -1.96. The third-order valence-corrected chi connectivity index (χ3v) is 2.55. The maximum absolute atomic E-state index is 5.78. The van der Waals surface area contributed by atoms with Gasteiger partial charge in [0.05, 0.1) is 0 Å². The molecule has 0 radical (unpaired) electrons. The summed E-state index contributed by atoms with van der Waals surface area (Å²) >= 11 is 0. The van der Waals surface area contributed by atoms with E-state index in [1.54, 1.807) is 12.3 Å². The molecule has 3 heteroatoms. The molecule has 88 valence electrons. The Balaban J connectivity index is 2.34. The minimum Gasteiger partial charge on any atom is -0.437 e. The first-order chi connectivity index (χ1) is 8.16. The van der Waals surface area contributed by atoms with Gasteiger partial charge in [-0.1, -0.05) is 26.0 Å². The van der Waals surface area contributed by atoms with Crippen LogP contribution < -0.4 is 4.74 Å². The van der Waals surface area contributed by atoms with E-state index in [-0.39, 0.29) is 0 Å². The maximum atomic E-state index is 5.78. The molecule has 0 N–H and O–H groups in total. The third kappa shape index (κ3) is 2.81. The average Bonchev–Trinajstić information content (AvgIpc) is 2.30. The molecule has 0 saturated heterocycles. The first-order valence-electron chi connectivity index (χ1n) is 5.73. The molecule has 1 aromatic carbocycles. The fraction of sp³-hybridized carbons (Fsp3) is 0.286. The van der Waals surface area contributed by atoms with Gasteiger partial charge in [0.25, 0.3) is 0 Å². The first kappa shape index (κ1) is 11.6. The van der Waals surface area contributed by atoms with Gasteiger partial charge in [-0.05, 0) is 36.1 Å². The van der Waals surface area contributed by atoms with Crippen LogP contribution >= 0.6 is 0 Å². The molecule has 0 spiro atoms. The average molecular weight is 228 g/mol. The van der Waals surface area contributed by atoms with E-state index in [9.17, 15) is 0 Å². The molecule has 0 aliphatic heterocycles. The number of aromatic nitrogens is 2. The summed E-state index contributed by atoms with van der Waals surface area (Å²) in [6.45, 7) is 6.34. The Morgan fingerprint density at radius 1 is 1.18 bits per heavy atom. The van der Waals surface area contributed by atoms with Crippen LogP contribution in [0.3, 0.4) is 0 Å². The zero-order chi connectivity index (χ0) is 12.3. The van der Waals surface area contributed by atoms with E-state index in [0.717, 1.165) is 5.75 Å². The Hall–Kier alpha value is -1.90. The molecule has 0 bridgehead atoms. The van der Waals surface area contributed by atoms with E-state index in [0.29, 0.717) is 11.8 Å². The molecule has 17 heavy (non-hydrogen) atoms. The monoisotopic (exact) mass is 228 g/mol. The predicted octanol–water partition coefficient (Wildman–Crippen LogP) is 3.70. The van der Waals surface area contributed by atoms with Crippen molar-refractivity contribution in [3.63, 3.8) is 0 Å². The molecule has 0 atom stereocenters. The number of benzene rings is 1. The number of rotatable bonds is 3. The van der Waals surface area contributed by atoms with Gasteiger partial charge in [-0.3, -0.25) is 0 Å². The Morgan fingerprint density at radius 2 is 2.00 bits per heavy atom. The van der Waals surface area contributed by atoms with Crippen LogP contribution in [0.25, 0.3) is 0 Å². The van der Waals surface area contributed by atoms with Crippen molar-refractivity contribution < 1.29 is 4.74 Å². The van der Waals surface area contributed by atoms with Crippen LogP contribution in [0.4, 0.5) is 0 Å². The molecule has 0 aliphatic rings. The van der Waals surface area contributed by atoms with E-state index < -0.39 is 0 Å². The van der Waals surface area contributed by atoms with Gasteiger partial charge >= 0.3 is 0 Å². The number of hydrogen-bond acceptors (Lipinski definition) is 3. The highest BCUT2D eigenvalue weighted by Gasteiger charge is 2.09. The van der Waals surface area contributed by atoms with Crippen LogP contribution in [0.15, 0.2) is 36.5 Å². The van der Waals surface area contributed by atoms with Gasteiger partial charge in [0, 0.05) is 12.3 Å². The second-order valence-corrected chi connectivity index (χ2v) is 4.36. The highest BCUT2D eigenvalue weighted by molar-refractivity contribution is 5.40. The molecule has 1 heterocycles. The second kappa shape index (κ2) is 4.95. The zero-order valence-corrected chi connectivity index (χ0v) is 10.3. The smallest absolute Gasteiger partial charge is 0.238 e. The highest BCUT2D eigenvalue weighted by Crippen LogP contribution is 2.30. The molecule has 3 nitrogen and oxygen atoms in total. The fourth-order valence-electron chi connectivity index (χ4n) is 1.66. The molecule has 0 fully saturated rings. The van der Waals surface area contributed by atoms with Crippen LogP contribution in [0.5, 0.6) is 11.6 Å². The largest absolute Gasteiger partial charge is 0.437 e. The lowest BCUT2D eigenvalue weighted by molar-refractivity contribution is 0.447. The summed E-state index contributed by atoms with van der Waals surface area (Å²) in [5.74, 6) is 1.81. The topological polar surface area (TPSA) is 35.0 Å². The first-order valence-corrected chi connectivity index (χ1v) is 5.73. The van der Waals surface area contributed by atoms with Crippen LogP contribution in [-0.4, -0.2) is 10.2 Å². The lowest BCUT2D eigenvalue weighted by atomic mass is 10.0. The lowest BCUT2D eigenvalue weighted by Gasteiger charge is -2.13. The molecule has 0 unspecified atom stereocenters. The molecule has 2 aromatic rings. The maximum Gasteiger partial charge on any atom is 0.238 e. The van der Waals surface area contributed by atoms with Gasteiger partial charge in [0.2, 0.25) is 5.88 Å². The Morgan fingerprint density at radius 3 is 2.65 bits per heavy atom. The minimum atomic E-state index is 0.419. The van der Waals surface area contributed by atoms with Crippen molar-refractivity contribution in [3.05, 3.63) is 47.7 Å². The molecular formula is C14H16N2O. The zero-order valence-electron chi connectivity index (χ0n) is 10.3. The Bertz CT molecular complexity index is 495. The quantitative estimate of drug-likeness (QED) is 0.803. The van der Waals surface area contributed by atoms with Crippen LogP contribution in [0.2, 0.25) is 0 Å². The molecule has 0 saturated carbocycles. The van der Waals surface area contributed by atoms with Crippen molar-refractivity contribution in [1.29, 1.82) is 0 Å². The van der Waals surface area contributed by atoms with Crippen LogP contribution in [-0.2, 0) is 0 Å². The highest BCUT2D eigenvalue weighted by atomic mass is 16.5. The molecule has 1 aromatic heterocycles. The fourth-order valence-corrected chi connectivity index (χ4v) is 1.66. The van der Waals surface area contributed by atoms with Crippen molar-refractivity contribution in [3.8, 4) is 11.6 Å². The van der Waals surface area contributed by atoms with E-state index >= 15 is 0 Å². The van der Waals surface area contributed by atoms with Crippen molar-refractivity contribution in [2.75, 3.05) is 0 Å². The minimum absolute atomic E-state index is 0.419. The van der Waals surface area contributed by atoms with Gasteiger partial charge in [-0.15, -0.1) is 5.10 Å². The van der Waals surface area contributed by atoms with E-state index in [1.165, 1.54) is 11.1 Å². The summed E-state index contributed by atoms with van der Waals surface area (Å²) in [6.07, 6.45) is 1.63. The van der Waals surface area contributed by atoms with Gasteiger partial charge < -0.3 is 4.74 Å². The number of aryl methyl sites for hydroxylation is 1. The normalized spacial score (nSPS) is 10.6. The van der Waals surface area contributed by atoms with Gasteiger partial charge in [0.15, 0.2) is 0 Å². The SMILES string of the molecule is Cc1ccc(C(C)C)c(Oc2cccnn2)c1. The van der Waals surface area contributed by atoms with Gasteiger partial charge in [0.1, 0.15) is 5.75 Å². The number of nitrogens with zero attached hydrogens (tertiary/aromatic N) is 2. The summed E-state index contributed by atoms with van der Waals surface area (Å²) < 4.78 is 5.78. The standard InChI is InChI=1S/C14H16N2O/c1-10(2)12-7-6-11(3)9-13(12)17-14-5-4-8-15-16-14/h4-10H,1-3H3. The Kier molecular flexibility index (Phi) is 3.38. The van der Waals surface area contributed by atoms with Crippen LogP contribution in [0, 0.1) is 6.92 Å². The van der Waals surface area contributed by atoms with Gasteiger partial charge in [-0.2, -0.15) is 5.10 Å². The van der Waals surface area contributed by atoms with Crippen molar-refractivity contribution in [2.45, 2.75) is 26.7 Å². The van der Waals surface area contributed by atoms with E-state index in [4.69, 9.17) is 4.74 Å². The summed E-state index contributed by atoms with van der Waals surface area (Å²) in [5.41, 5.74) is 2.36. The number of hydrogen-bond donors (Lipinski definition) is 0. The molecule has 0 amide bonds.